The minimum Gasteiger partial charge on any atom is -0.378 e. The van der Waals surface area contributed by atoms with Crippen molar-refractivity contribution in [3.05, 3.63) is 71.8 Å². The summed E-state index contributed by atoms with van der Waals surface area (Å²) < 4.78 is 41.2. The zero-order valence-electron chi connectivity index (χ0n) is 22.7. The van der Waals surface area contributed by atoms with Crippen LogP contribution in [0.3, 0.4) is 0 Å². The van der Waals surface area contributed by atoms with E-state index in [0.29, 0.717) is 37.8 Å². The molecule has 4 aromatic rings. The number of ether oxygens (including phenoxy) is 2. The van der Waals surface area contributed by atoms with Crippen molar-refractivity contribution in [3.63, 3.8) is 0 Å². The number of rotatable bonds is 6. The maximum Gasteiger partial charge on any atom is 0.137 e. The monoisotopic (exact) mass is 562 g/mol. The molecule has 0 saturated carbocycles. The number of benzene rings is 3. The first-order valence-corrected chi connectivity index (χ1v) is 14.7. The van der Waals surface area contributed by atoms with Gasteiger partial charge in [-0.05, 0) is 43.0 Å². The molecule has 9 heteroatoms. The molecule has 0 unspecified atom stereocenters. The number of pyridine rings is 1. The fourth-order valence-corrected chi connectivity index (χ4v) is 6.12. The van der Waals surface area contributed by atoms with E-state index in [1.54, 1.807) is 11.8 Å². The van der Waals surface area contributed by atoms with Gasteiger partial charge < -0.3 is 24.6 Å². The molecule has 2 saturated heterocycles. The van der Waals surface area contributed by atoms with E-state index in [9.17, 15) is 4.39 Å². The molecule has 1 N–H and O–H groups in total. The van der Waals surface area contributed by atoms with Gasteiger partial charge in [0.05, 0.1) is 60.1 Å². The van der Waals surface area contributed by atoms with Crippen molar-refractivity contribution in [2.45, 2.75) is 11.8 Å². The van der Waals surface area contributed by atoms with E-state index in [-0.39, 0.29) is 10.9 Å². The minimum atomic E-state index is -0.653. The maximum atomic E-state index is 15.5. The van der Waals surface area contributed by atoms with E-state index in [1.807, 2.05) is 37.4 Å². The SMILES string of the molecule is CSc1ccccc1-c1nc2cc(F)cc(F)c2c(Nc2cc(N3CCOCC3)ccc2N2CCOCC2)c1C. The molecule has 0 aliphatic carbocycles. The molecule has 1 aromatic heterocycles. The molecule has 40 heavy (non-hydrogen) atoms. The Labute approximate surface area is 237 Å². The van der Waals surface area contributed by atoms with Crippen LogP contribution < -0.4 is 15.1 Å². The predicted octanol–water partition coefficient (Wildman–Crippen LogP) is 6.63. The van der Waals surface area contributed by atoms with Crippen LogP contribution in [0.5, 0.6) is 0 Å². The molecule has 2 fully saturated rings. The van der Waals surface area contributed by atoms with Crippen molar-refractivity contribution in [1.29, 1.82) is 0 Å². The van der Waals surface area contributed by atoms with Crippen molar-refractivity contribution in [2.24, 2.45) is 0 Å². The van der Waals surface area contributed by atoms with Crippen LogP contribution in [0.1, 0.15) is 5.56 Å². The first-order valence-electron chi connectivity index (χ1n) is 13.5. The van der Waals surface area contributed by atoms with Crippen LogP contribution in [0.4, 0.5) is 31.5 Å². The number of aromatic nitrogens is 1. The second kappa shape index (κ2) is 11.6. The van der Waals surface area contributed by atoms with Gasteiger partial charge in [-0.25, -0.2) is 13.8 Å². The van der Waals surface area contributed by atoms with Crippen LogP contribution in [-0.2, 0) is 9.47 Å². The lowest BCUT2D eigenvalue weighted by atomic mass is 10.0. The fraction of sp³-hybridized carbons (Fsp3) is 0.323. The Hall–Kier alpha value is -3.40. The summed E-state index contributed by atoms with van der Waals surface area (Å²) in [5.74, 6) is -1.30. The highest BCUT2D eigenvalue weighted by Crippen LogP contribution is 2.42. The molecule has 208 valence electrons. The topological polar surface area (TPSA) is 49.9 Å². The smallest absolute Gasteiger partial charge is 0.137 e. The zero-order valence-corrected chi connectivity index (χ0v) is 23.5. The lowest BCUT2D eigenvalue weighted by Gasteiger charge is -2.33. The summed E-state index contributed by atoms with van der Waals surface area (Å²) in [5.41, 5.74) is 6.21. The van der Waals surface area contributed by atoms with Crippen molar-refractivity contribution < 1.29 is 18.3 Å². The number of thioether (sulfide) groups is 1. The fourth-order valence-electron chi connectivity index (χ4n) is 5.52. The highest BCUT2D eigenvalue weighted by Gasteiger charge is 2.23. The summed E-state index contributed by atoms with van der Waals surface area (Å²) in [6.07, 6.45) is 2.01. The van der Waals surface area contributed by atoms with E-state index >= 15 is 4.39 Å². The Kier molecular flexibility index (Phi) is 7.78. The van der Waals surface area contributed by atoms with E-state index in [0.717, 1.165) is 65.3 Å². The van der Waals surface area contributed by atoms with Crippen LogP contribution in [0.2, 0.25) is 0 Å². The average Bonchev–Trinajstić information content (AvgIpc) is 2.99. The third-order valence-corrected chi connectivity index (χ3v) is 8.37. The van der Waals surface area contributed by atoms with Crippen molar-refractivity contribution >= 4 is 45.4 Å². The maximum absolute atomic E-state index is 15.5. The third-order valence-electron chi connectivity index (χ3n) is 7.58. The van der Waals surface area contributed by atoms with Gasteiger partial charge in [-0.2, -0.15) is 0 Å². The van der Waals surface area contributed by atoms with Gasteiger partial charge in [0.25, 0.3) is 0 Å². The molecule has 2 aliphatic heterocycles. The number of hydrogen-bond acceptors (Lipinski definition) is 7. The first kappa shape index (κ1) is 26.8. The van der Waals surface area contributed by atoms with Gasteiger partial charge in [-0.1, -0.05) is 18.2 Å². The zero-order chi connectivity index (χ0) is 27.6. The number of hydrogen-bond donors (Lipinski definition) is 1. The van der Waals surface area contributed by atoms with E-state index in [4.69, 9.17) is 14.5 Å². The second-order valence-electron chi connectivity index (χ2n) is 9.97. The number of nitrogens with one attached hydrogen (secondary N) is 1. The molecule has 0 bridgehead atoms. The quantitative estimate of drug-likeness (QED) is 0.265. The Balaban J connectivity index is 1.54. The number of nitrogens with zero attached hydrogens (tertiary/aromatic N) is 3. The molecular formula is C31H32F2N4O2S. The lowest BCUT2D eigenvalue weighted by molar-refractivity contribution is 0.122. The van der Waals surface area contributed by atoms with Gasteiger partial charge in [-0.3, -0.25) is 0 Å². The minimum absolute atomic E-state index is 0.272. The van der Waals surface area contributed by atoms with Gasteiger partial charge in [0.2, 0.25) is 0 Å². The molecule has 3 heterocycles. The molecule has 0 atom stereocenters. The Morgan fingerprint density at radius 1 is 0.875 bits per heavy atom. The van der Waals surface area contributed by atoms with Gasteiger partial charge in [-0.15, -0.1) is 11.8 Å². The Bertz CT molecular complexity index is 1540. The highest BCUT2D eigenvalue weighted by atomic mass is 32.2. The highest BCUT2D eigenvalue weighted by molar-refractivity contribution is 7.98. The number of halogens is 2. The van der Waals surface area contributed by atoms with Crippen LogP contribution in [0.15, 0.2) is 59.5 Å². The molecule has 6 nitrogen and oxygen atoms in total. The molecule has 0 spiro atoms. The lowest BCUT2D eigenvalue weighted by Crippen LogP contribution is -2.37. The summed E-state index contributed by atoms with van der Waals surface area (Å²) in [4.78, 5) is 10.4. The van der Waals surface area contributed by atoms with Gasteiger partial charge in [0.15, 0.2) is 0 Å². The normalized spacial score (nSPS) is 16.0. The van der Waals surface area contributed by atoms with E-state index < -0.39 is 11.6 Å². The molecule has 3 aromatic carbocycles. The molecule has 6 rings (SSSR count). The summed E-state index contributed by atoms with van der Waals surface area (Å²) in [7, 11) is 0. The molecule has 0 radical (unpaired) electrons. The molecular weight excluding hydrogens is 530 g/mol. The Morgan fingerprint density at radius 2 is 1.57 bits per heavy atom. The van der Waals surface area contributed by atoms with Gasteiger partial charge >= 0.3 is 0 Å². The summed E-state index contributed by atoms with van der Waals surface area (Å²) in [5, 5.41) is 3.89. The van der Waals surface area contributed by atoms with E-state index in [2.05, 4.69) is 33.3 Å². The van der Waals surface area contributed by atoms with Crippen molar-refractivity contribution in [2.75, 3.05) is 74.0 Å². The molecule has 0 amide bonds. The van der Waals surface area contributed by atoms with Crippen LogP contribution >= 0.6 is 11.8 Å². The summed E-state index contributed by atoms with van der Waals surface area (Å²) in [6.45, 7) is 7.71. The largest absolute Gasteiger partial charge is 0.378 e. The predicted molar refractivity (Wildman–Crippen MR) is 159 cm³/mol. The standard InChI is InChI=1S/C31H32F2N4O2S/c1-20-30(23-5-3-4-6-28(23)40-2)35-26-18-21(32)17-24(33)29(26)31(20)34-25-19-22(36-9-13-38-14-10-36)7-8-27(25)37-11-15-39-16-12-37/h3-8,17-19H,9-16H2,1-2H3,(H,34,35). The number of morpholine rings is 2. The first-order chi connectivity index (χ1) is 19.5. The molecule has 2 aliphatic rings. The average molecular weight is 563 g/mol. The number of fused-ring (bicyclic) bond motifs is 1. The number of anilines is 4. The van der Waals surface area contributed by atoms with Crippen molar-refractivity contribution in [1.82, 2.24) is 4.98 Å². The van der Waals surface area contributed by atoms with Crippen LogP contribution in [-0.4, -0.2) is 63.8 Å². The third kappa shape index (κ3) is 5.21. The van der Waals surface area contributed by atoms with E-state index in [1.165, 1.54) is 6.07 Å². The van der Waals surface area contributed by atoms with Gasteiger partial charge in [0, 0.05) is 54.5 Å². The van der Waals surface area contributed by atoms with Crippen LogP contribution in [0, 0.1) is 18.6 Å². The van der Waals surface area contributed by atoms with Gasteiger partial charge in [0.1, 0.15) is 11.6 Å². The second-order valence-corrected chi connectivity index (χ2v) is 10.8. The summed E-state index contributed by atoms with van der Waals surface area (Å²) in [6, 6.07) is 16.6. The van der Waals surface area contributed by atoms with Crippen molar-refractivity contribution in [3.8, 4) is 11.3 Å². The van der Waals surface area contributed by atoms with Crippen LogP contribution in [0.25, 0.3) is 22.2 Å². The summed E-state index contributed by atoms with van der Waals surface area (Å²) >= 11 is 1.62. The Morgan fingerprint density at radius 3 is 2.30 bits per heavy atom.